The molecule has 0 aliphatic carbocycles. The first-order chi connectivity index (χ1) is 10.8. The minimum absolute atomic E-state index is 0.726. The van der Waals surface area contributed by atoms with Crippen molar-refractivity contribution in [2.24, 2.45) is 0 Å². The topological polar surface area (TPSA) is 197 Å². The second-order valence-corrected chi connectivity index (χ2v) is 5.12. The monoisotopic (exact) mass is 342 g/mol. The van der Waals surface area contributed by atoms with Crippen LogP contribution in [-0.4, -0.2) is 115 Å². The smallest absolute Gasteiger partial charge is 0.189 e. The number of Topliss-reactive ketones (excluding diaryl/α,β-unsaturated/α-hetero) is 1. The Hall–Kier alpha value is -0.730. The quantitative estimate of drug-likeness (QED) is 0.209. The molecule has 1 saturated heterocycles. The lowest BCUT2D eigenvalue weighted by Gasteiger charge is -2.41. The molecule has 1 rings (SSSR count). The van der Waals surface area contributed by atoms with Gasteiger partial charge in [-0.3, -0.25) is 4.79 Å². The lowest BCUT2D eigenvalue weighted by molar-refractivity contribution is -0.323. The normalized spacial score (nSPS) is 35.6. The number of ether oxygens (including phenoxy) is 2. The fourth-order valence-corrected chi connectivity index (χ4v) is 2.09. The van der Waals surface area contributed by atoms with Crippen molar-refractivity contribution in [1.29, 1.82) is 0 Å². The molecule has 136 valence electrons. The first-order valence-electron chi connectivity index (χ1n) is 6.85. The summed E-state index contributed by atoms with van der Waals surface area (Å²) in [6.45, 7) is -2.71. The summed E-state index contributed by atoms with van der Waals surface area (Å²) in [5.41, 5.74) is 0. The molecule has 0 saturated carbocycles. The third kappa shape index (κ3) is 4.64. The Balaban J connectivity index is 2.91. The summed E-state index contributed by atoms with van der Waals surface area (Å²) in [6, 6.07) is 0. The highest BCUT2D eigenvalue weighted by Crippen LogP contribution is 2.24. The van der Waals surface area contributed by atoms with Crippen molar-refractivity contribution in [2.75, 3.05) is 19.8 Å². The van der Waals surface area contributed by atoms with Crippen LogP contribution >= 0.6 is 0 Å². The Morgan fingerprint density at radius 2 is 1.65 bits per heavy atom. The molecule has 0 spiro atoms. The lowest BCUT2D eigenvalue weighted by Crippen LogP contribution is -2.61. The van der Waals surface area contributed by atoms with Crippen molar-refractivity contribution in [2.45, 2.75) is 49.0 Å². The van der Waals surface area contributed by atoms with Crippen molar-refractivity contribution in [3.05, 3.63) is 0 Å². The van der Waals surface area contributed by atoms with Gasteiger partial charge in [0.1, 0.15) is 49.3 Å². The van der Waals surface area contributed by atoms with Crippen LogP contribution in [-0.2, 0) is 14.3 Å². The van der Waals surface area contributed by atoms with Crippen LogP contribution in [0.1, 0.15) is 0 Å². The molecule has 0 radical (unpaired) electrons. The second kappa shape index (κ2) is 8.94. The molecule has 0 aromatic rings. The number of hydrogen-bond acceptors (Lipinski definition) is 11. The number of ketones is 1. The molecule has 8 N–H and O–H groups in total. The summed E-state index contributed by atoms with van der Waals surface area (Å²) in [7, 11) is 0. The van der Waals surface area contributed by atoms with E-state index in [-0.39, 0.29) is 0 Å². The zero-order valence-electron chi connectivity index (χ0n) is 12.0. The van der Waals surface area contributed by atoms with Crippen LogP contribution in [0.4, 0.5) is 0 Å². The van der Waals surface area contributed by atoms with Gasteiger partial charge >= 0.3 is 0 Å². The van der Waals surface area contributed by atoms with Gasteiger partial charge in [0.2, 0.25) is 0 Å². The van der Waals surface area contributed by atoms with Crippen LogP contribution < -0.4 is 0 Å². The largest absolute Gasteiger partial charge is 0.394 e. The van der Waals surface area contributed by atoms with Crippen LogP contribution in [0.5, 0.6) is 0 Å². The van der Waals surface area contributed by atoms with E-state index in [1.54, 1.807) is 0 Å². The van der Waals surface area contributed by atoms with E-state index in [0.29, 0.717) is 0 Å². The molecule has 0 amide bonds. The van der Waals surface area contributed by atoms with Gasteiger partial charge in [-0.2, -0.15) is 0 Å². The van der Waals surface area contributed by atoms with Crippen LogP contribution in [0, 0.1) is 0 Å². The maximum absolute atomic E-state index is 11.3. The Morgan fingerprint density at radius 3 is 2.13 bits per heavy atom. The lowest BCUT2D eigenvalue weighted by atomic mass is 9.98. The Kier molecular flexibility index (Phi) is 7.89. The van der Waals surface area contributed by atoms with E-state index < -0.39 is 74.6 Å². The molecule has 11 nitrogen and oxygen atoms in total. The Morgan fingerprint density at radius 1 is 1.04 bits per heavy atom. The van der Waals surface area contributed by atoms with Gasteiger partial charge in [0.25, 0.3) is 0 Å². The molecule has 23 heavy (non-hydrogen) atoms. The van der Waals surface area contributed by atoms with Crippen LogP contribution in [0.25, 0.3) is 0 Å². The molecule has 1 aliphatic heterocycles. The van der Waals surface area contributed by atoms with Gasteiger partial charge in [0.05, 0.1) is 13.2 Å². The molecule has 8 atom stereocenters. The van der Waals surface area contributed by atoms with E-state index in [1.807, 2.05) is 0 Å². The van der Waals surface area contributed by atoms with E-state index in [0.717, 1.165) is 0 Å². The molecule has 8 unspecified atom stereocenters. The number of aliphatic hydroxyl groups is 8. The number of carbonyl (C=O) groups is 1. The van der Waals surface area contributed by atoms with Crippen LogP contribution in [0.3, 0.4) is 0 Å². The average molecular weight is 342 g/mol. The van der Waals surface area contributed by atoms with E-state index in [4.69, 9.17) is 24.8 Å². The van der Waals surface area contributed by atoms with E-state index in [9.17, 15) is 30.3 Å². The SMILES string of the molecule is O=C(CO)C(O)C(OC1OC(CO)C(O)C(O)C1O)C(O)CO. The molecule has 1 heterocycles. The van der Waals surface area contributed by atoms with Crippen LogP contribution in [0.2, 0.25) is 0 Å². The number of rotatable bonds is 8. The van der Waals surface area contributed by atoms with Gasteiger partial charge in [0.15, 0.2) is 12.1 Å². The first kappa shape index (κ1) is 20.3. The minimum Gasteiger partial charge on any atom is -0.394 e. The van der Waals surface area contributed by atoms with Gasteiger partial charge in [0, 0.05) is 0 Å². The minimum atomic E-state index is -2.05. The van der Waals surface area contributed by atoms with Crippen molar-refractivity contribution in [3.8, 4) is 0 Å². The average Bonchev–Trinajstić information content (AvgIpc) is 2.57. The van der Waals surface area contributed by atoms with Gasteiger partial charge in [-0.1, -0.05) is 0 Å². The zero-order chi connectivity index (χ0) is 17.7. The summed E-state index contributed by atoms with van der Waals surface area (Å²) in [4.78, 5) is 11.3. The summed E-state index contributed by atoms with van der Waals surface area (Å²) in [5, 5.41) is 75.1. The molecule has 0 aromatic carbocycles. The maximum atomic E-state index is 11.3. The highest BCUT2D eigenvalue weighted by Gasteiger charge is 2.46. The number of hydrogen-bond donors (Lipinski definition) is 8. The Bertz CT molecular complexity index is 376. The number of aliphatic hydroxyl groups excluding tert-OH is 8. The highest BCUT2D eigenvalue weighted by molar-refractivity contribution is 5.84. The summed E-state index contributed by atoms with van der Waals surface area (Å²) in [5.74, 6) is -1.12. The Labute approximate surface area is 130 Å². The molecule has 11 heteroatoms. The van der Waals surface area contributed by atoms with Crippen molar-refractivity contribution in [1.82, 2.24) is 0 Å². The summed E-state index contributed by atoms with van der Waals surface area (Å²) < 4.78 is 10.1. The predicted octanol–water partition coefficient (Wildman–Crippen LogP) is -5.55. The summed E-state index contributed by atoms with van der Waals surface area (Å²) in [6.07, 6.45) is -13.8. The van der Waals surface area contributed by atoms with Gasteiger partial charge < -0.3 is 50.3 Å². The fraction of sp³-hybridized carbons (Fsp3) is 0.917. The molecule has 0 aromatic heterocycles. The predicted molar refractivity (Wildman–Crippen MR) is 69.8 cm³/mol. The first-order valence-corrected chi connectivity index (χ1v) is 6.85. The molecule has 0 bridgehead atoms. The van der Waals surface area contributed by atoms with Crippen molar-refractivity contribution in [3.63, 3.8) is 0 Å². The summed E-state index contributed by atoms with van der Waals surface area (Å²) >= 11 is 0. The fourth-order valence-electron chi connectivity index (χ4n) is 2.09. The second-order valence-electron chi connectivity index (χ2n) is 5.12. The molecular formula is C12H22O11. The molecular weight excluding hydrogens is 320 g/mol. The van der Waals surface area contributed by atoms with Gasteiger partial charge in [-0.05, 0) is 0 Å². The standard InChI is InChI=1S/C12H22O11/c13-1-4(16)7(18)11(5(17)2-14)23-12-10(21)9(20)8(19)6(3-15)22-12/h5-15,17-21H,1-3H2. The third-order valence-electron chi connectivity index (χ3n) is 3.50. The van der Waals surface area contributed by atoms with E-state index in [1.165, 1.54) is 0 Å². The maximum Gasteiger partial charge on any atom is 0.189 e. The van der Waals surface area contributed by atoms with Gasteiger partial charge in [-0.15, -0.1) is 0 Å². The van der Waals surface area contributed by atoms with Crippen molar-refractivity contribution < 1.29 is 55.1 Å². The van der Waals surface area contributed by atoms with E-state index >= 15 is 0 Å². The van der Waals surface area contributed by atoms with Crippen LogP contribution in [0.15, 0.2) is 0 Å². The van der Waals surface area contributed by atoms with Gasteiger partial charge in [-0.25, -0.2) is 0 Å². The third-order valence-corrected chi connectivity index (χ3v) is 3.50. The molecule has 1 aliphatic rings. The number of carbonyl (C=O) groups excluding carboxylic acids is 1. The van der Waals surface area contributed by atoms with Crippen molar-refractivity contribution >= 4 is 5.78 Å². The zero-order valence-corrected chi connectivity index (χ0v) is 12.0. The van der Waals surface area contributed by atoms with E-state index in [2.05, 4.69) is 0 Å². The highest BCUT2D eigenvalue weighted by atomic mass is 16.7. The molecule has 1 fully saturated rings.